The third kappa shape index (κ3) is 9.74. The summed E-state index contributed by atoms with van der Waals surface area (Å²) in [7, 11) is 5.24. The van der Waals surface area contributed by atoms with Crippen LogP contribution in [0.4, 0.5) is 0 Å². The Hall–Kier alpha value is -1.46. The fourth-order valence-corrected chi connectivity index (χ4v) is 8.13. The van der Waals surface area contributed by atoms with Crippen molar-refractivity contribution in [1.82, 2.24) is 4.90 Å². The van der Waals surface area contributed by atoms with E-state index in [9.17, 15) is 30.4 Å². The number of aliphatic hydroxyl groups excluding tert-OH is 3. The first-order valence-corrected chi connectivity index (χ1v) is 18.2. The highest BCUT2D eigenvalue weighted by Gasteiger charge is 2.52. The number of carbonyl (C=O) groups excluding carboxylic acids is 1. The molecule has 0 bridgehead atoms. The molecular formula is C36H66N2O12. The minimum Gasteiger partial charge on any atom is -0.462 e. The Labute approximate surface area is 298 Å². The second-order valence-electron chi connectivity index (χ2n) is 15.9. The van der Waals surface area contributed by atoms with Crippen LogP contribution in [0.3, 0.4) is 0 Å². The zero-order chi connectivity index (χ0) is 37.9. The second-order valence-corrected chi connectivity index (χ2v) is 15.9. The van der Waals surface area contributed by atoms with Crippen LogP contribution >= 0.6 is 0 Å². The van der Waals surface area contributed by atoms with Crippen LogP contribution in [0.25, 0.3) is 0 Å². The van der Waals surface area contributed by atoms with Gasteiger partial charge in [-0.1, -0.05) is 32.9 Å². The molecule has 0 amide bonds. The number of cyclic esters (lactones) is 1. The quantitative estimate of drug-likeness (QED) is 0.147. The Kier molecular flexibility index (Phi) is 15.1. The molecule has 0 aliphatic carbocycles. The second kappa shape index (κ2) is 17.6. The van der Waals surface area contributed by atoms with E-state index in [-0.39, 0.29) is 37.1 Å². The molecule has 0 spiro atoms. The normalized spacial score (nSPS) is 48.3. The van der Waals surface area contributed by atoms with E-state index in [1.165, 1.54) is 7.11 Å². The highest BCUT2D eigenvalue weighted by molar-refractivity contribution is 5.88. The molecule has 3 saturated heterocycles. The van der Waals surface area contributed by atoms with Crippen LogP contribution in [-0.2, 0) is 33.2 Å². The molecule has 292 valence electrons. The van der Waals surface area contributed by atoms with Gasteiger partial charge >= 0.3 is 5.97 Å². The third-order valence-electron chi connectivity index (χ3n) is 11.4. The molecule has 0 unspecified atom stereocenters. The van der Waals surface area contributed by atoms with Crippen LogP contribution in [0.5, 0.6) is 0 Å². The number of hydrogen-bond donors (Lipinski definition) is 5. The van der Waals surface area contributed by atoms with Crippen molar-refractivity contribution >= 4 is 11.7 Å². The molecule has 3 aliphatic heterocycles. The fourth-order valence-electron chi connectivity index (χ4n) is 8.13. The van der Waals surface area contributed by atoms with Gasteiger partial charge in [0.15, 0.2) is 12.6 Å². The molecule has 0 aromatic heterocycles. The van der Waals surface area contributed by atoms with Gasteiger partial charge in [0.25, 0.3) is 0 Å². The van der Waals surface area contributed by atoms with Crippen LogP contribution in [0.15, 0.2) is 5.16 Å². The summed E-state index contributed by atoms with van der Waals surface area (Å²) in [6, 6.07) is -0.293. The van der Waals surface area contributed by atoms with Gasteiger partial charge < -0.3 is 59.0 Å². The molecule has 3 heterocycles. The van der Waals surface area contributed by atoms with Crippen molar-refractivity contribution < 1.29 is 58.8 Å². The molecule has 3 rings (SSSR count). The highest BCUT2D eigenvalue weighted by atomic mass is 16.7. The third-order valence-corrected chi connectivity index (χ3v) is 11.4. The standard InChI is InChI=1S/C36H66N2O12/c1-13-24-15-26(39)20(4)28(37-44)18(2)16-35(8,43)32(50-34-29(40)25(38(10)11)14-19(3)46-34)21(5)30(22(6)33(42)48-24)49-27-17-36(9,45-12)31(41)23(7)47-27/h18-27,29-32,34,39-41,43-44H,13-17H2,1-12H3/b37-28-/t18-,19-,20-,21+,22-,23+,24-,25+,26+,27+,29-,30+,31+,32-,34+,35-,36-/m1/s1. The molecule has 0 saturated carbocycles. The average Bonchev–Trinajstić information content (AvgIpc) is 3.04. The summed E-state index contributed by atoms with van der Waals surface area (Å²) in [6.07, 6.45) is -7.48. The van der Waals surface area contributed by atoms with Gasteiger partial charge in [-0.3, -0.25) is 4.79 Å². The zero-order valence-electron chi connectivity index (χ0n) is 32.2. The van der Waals surface area contributed by atoms with Gasteiger partial charge in [0.1, 0.15) is 18.3 Å². The molecule has 3 fully saturated rings. The fraction of sp³-hybridized carbons (Fsp3) is 0.944. The summed E-state index contributed by atoms with van der Waals surface area (Å²) in [4.78, 5) is 15.9. The number of hydrogen-bond acceptors (Lipinski definition) is 14. The van der Waals surface area contributed by atoms with E-state index in [4.69, 9.17) is 28.4 Å². The number of ether oxygens (including phenoxy) is 6. The Bertz CT molecular complexity index is 1120. The van der Waals surface area contributed by atoms with Crippen LogP contribution in [-0.4, -0.2) is 142 Å². The molecule has 14 nitrogen and oxygen atoms in total. The van der Waals surface area contributed by atoms with Crippen LogP contribution in [0.2, 0.25) is 0 Å². The van der Waals surface area contributed by atoms with Crippen LogP contribution < -0.4 is 0 Å². The van der Waals surface area contributed by atoms with Gasteiger partial charge in [-0.25, -0.2) is 0 Å². The first-order chi connectivity index (χ1) is 23.2. The van der Waals surface area contributed by atoms with Gasteiger partial charge in [0.2, 0.25) is 0 Å². The maximum atomic E-state index is 14.0. The Morgan fingerprint density at radius 2 is 1.60 bits per heavy atom. The van der Waals surface area contributed by atoms with Crippen LogP contribution in [0.1, 0.15) is 94.4 Å². The number of likely N-dealkylation sites (N-methyl/N-ethyl adjacent to an activating group) is 1. The van der Waals surface area contributed by atoms with E-state index in [1.807, 2.05) is 32.8 Å². The van der Waals surface area contributed by atoms with Crippen LogP contribution in [0, 0.1) is 23.7 Å². The van der Waals surface area contributed by atoms with E-state index in [1.54, 1.807) is 48.5 Å². The van der Waals surface area contributed by atoms with E-state index >= 15 is 0 Å². The van der Waals surface area contributed by atoms with Crippen molar-refractivity contribution in [3.8, 4) is 0 Å². The molecule has 5 N–H and O–H groups in total. The van der Waals surface area contributed by atoms with Gasteiger partial charge in [0, 0.05) is 43.7 Å². The van der Waals surface area contributed by atoms with E-state index < -0.39 is 96.2 Å². The van der Waals surface area contributed by atoms with E-state index in [0.717, 1.165) is 0 Å². The minimum atomic E-state index is -1.68. The maximum absolute atomic E-state index is 14.0. The topological polar surface area (TPSA) is 189 Å². The molecule has 0 radical (unpaired) electrons. The first-order valence-electron chi connectivity index (χ1n) is 18.2. The zero-order valence-corrected chi connectivity index (χ0v) is 32.2. The predicted octanol–water partition coefficient (Wildman–Crippen LogP) is 2.69. The minimum absolute atomic E-state index is 0.0294. The number of aliphatic hydroxyl groups is 4. The Morgan fingerprint density at radius 1 is 0.960 bits per heavy atom. The Balaban J connectivity index is 2.16. The molecule has 14 heteroatoms. The van der Waals surface area contributed by atoms with Gasteiger partial charge in [-0.15, -0.1) is 0 Å². The SMILES string of the molecule is CC[C@@H]1C[C@H](O)[C@@H](C)/C(=N\O)[C@H](C)C[C@@](C)(O)[C@H](O[C@@H]2O[C@H](C)C[C@H](N(C)C)[C@H]2O)[C@@H](C)[C@H](O[C@H]2C[C@@](C)(OC)[C@@H](O)[C@H](C)O2)[C@@H](C)C(=O)O1. The summed E-state index contributed by atoms with van der Waals surface area (Å²) in [6.45, 7) is 15.8. The average molecular weight is 719 g/mol. The van der Waals surface area contributed by atoms with E-state index in [2.05, 4.69) is 5.16 Å². The summed E-state index contributed by atoms with van der Waals surface area (Å²) < 4.78 is 37.3. The first kappa shape index (κ1) is 42.9. The van der Waals surface area contributed by atoms with Crippen molar-refractivity contribution in [2.75, 3.05) is 21.2 Å². The number of rotatable bonds is 7. The summed E-state index contributed by atoms with van der Waals surface area (Å²) in [5.74, 6) is -3.41. The molecule has 50 heavy (non-hydrogen) atoms. The van der Waals surface area contributed by atoms with Crippen molar-refractivity contribution in [2.45, 2.75) is 173 Å². The number of esters is 1. The van der Waals surface area contributed by atoms with Gasteiger partial charge in [0.05, 0.1) is 53.4 Å². The lowest BCUT2D eigenvalue weighted by atomic mass is 9.75. The van der Waals surface area contributed by atoms with Crippen molar-refractivity contribution in [2.24, 2.45) is 28.8 Å². The van der Waals surface area contributed by atoms with Gasteiger partial charge in [-0.2, -0.15) is 0 Å². The van der Waals surface area contributed by atoms with Crippen molar-refractivity contribution in [3.63, 3.8) is 0 Å². The molecule has 0 aromatic rings. The van der Waals surface area contributed by atoms with Crippen molar-refractivity contribution in [3.05, 3.63) is 0 Å². The molecular weight excluding hydrogens is 652 g/mol. The lowest BCUT2D eigenvalue weighted by Gasteiger charge is -2.49. The molecule has 3 aliphatic rings. The summed E-state index contributed by atoms with van der Waals surface area (Å²) in [5.41, 5.74) is -2.41. The lowest BCUT2D eigenvalue weighted by molar-refractivity contribution is -0.317. The number of carbonyl (C=O) groups is 1. The monoisotopic (exact) mass is 718 g/mol. The molecule has 17 atom stereocenters. The smallest absolute Gasteiger partial charge is 0.311 e. The highest BCUT2D eigenvalue weighted by Crippen LogP contribution is 2.40. The number of oxime groups is 1. The van der Waals surface area contributed by atoms with Crippen molar-refractivity contribution in [1.29, 1.82) is 0 Å². The summed E-state index contributed by atoms with van der Waals surface area (Å²) in [5, 5.41) is 59.7. The molecule has 0 aromatic carbocycles. The van der Waals surface area contributed by atoms with Gasteiger partial charge in [-0.05, 0) is 68.0 Å². The largest absolute Gasteiger partial charge is 0.462 e. The number of nitrogens with zero attached hydrogens (tertiary/aromatic N) is 2. The predicted molar refractivity (Wildman–Crippen MR) is 184 cm³/mol. The van der Waals surface area contributed by atoms with E-state index in [0.29, 0.717) is 12.8 Å². The summed E-state index contributed by atoms with van der Waals surface area (Å²) >= 11 is 0. The number of methoxy groups -OCH3 is 1. The lowest BCUT2D eigenvalue weighted by Crippen LogP contribution is -2.60. The maximum Gasteiger partial charge on any atom is 0.311 e. The Morgan fingerprint density at radius 3 is 2.16 bits per heavy atom.